The summed E-state index contributed by atoms with van der Waals surface area (Å²) in [5.41, 5.74) is 1.30. The largest absolute Gasteiger partial charge is 0.464 e. The quantitative estimate of drug-likeness (QED) is 0.263. The van der Waals surface area contributed by atoms with Crippen LogP contribution in [0.15, 0.2) is 17.3 Å². The van der Waals surface area contributed by atoms with Crippen LogP contribution in [0.2, 0.25) is 0 Å². The zero-order valence-electron chi connectivity index (χ0n) is 19.6. The second-order valence-electron chi connectivity index (χ2n) is 8.67. The van der Waals surface area contributed by atoms with Gasteiger partial charge in [-0.2, -0.15) is 5.26 Å². The van der Waals surface area contributed by atoms with Crippen molar-refractivity contribution in [2.45, 2.75) is 76.5 Å². The molecule has 3 rings (SSSR count). The van der Waals surface area contributed by atoms with Gasteiger partial charge in [-0.05, 0) is 25.8 Å². The zero-order valence-corrected chi connectivity index (χ0v) is 20.5. The molecule has 7 atom stereocenters. The number of nitrogens with one attached hydrogen (secondary N) is 1. The van der Waals surface area contributed by atoms with E-state index in [1.54, 1.807) is 0 Å². The summed E-state index contributed by atoms with van der Waals surface area (Å²) in [5.74, 6) is -0.390. The predicted octanol–water partition coefficient (Wildman–Crippen LogP) is 0.299. The van der Waals surface area contributed by atoms with E-state index in [4.69, 9.17) is 24.3 Å². The summed E-state index contributed by atoms with van der Waals surface area (Å²) in [7, 11) is -4.11. The molecule has 2 fully saturated rings. The molecule has 0 amide bonds. The highest BCUT2D eigenvalue weighted by molar-refractivity contribution is 7.51. The Morgan fingerprint density at radius 1 is 1.53 bits per heavy atom. The lowest BCUT2D eigenvalue weighted by Gasteiger charge is -2.44. The van der Waals surface area contributed by atoms with Crippen LogP contribution in [0.4, 0.5) is 0 Å². The van der Waals surface area contributed by atoms with Gasteiger partial charge in [-0.1, -0.05) is 26.7 Å². The molecule has 3 heterocycles. The summed E-state index contributed by atoms with van der Waals surface area (Å²) in [6, 6.07) is 0.843. The number of rotatable bonds is 8. The van der Waals surface area contributed by atoms with Crippen LogP contribution in [0, 0.1) is 17.2 Å². The van der Waals surface area contributed by atoms with Crippen LogP contribution in [-0.2, 0) is 27.9 Å². The van der Waals surface area contributed by atoms with E-state index in [0.717, 1.165) is 17.7 Å². The molecule has 0 spiro atoms. The van der Waals surface area contributed by atoms with Crippen LogP contribution >= 0.6 is 7.75 Å². The minimum Gasteiger partial charge on any atom is -0.464 e. The number of esters is 1. The smallest absolute Gasteiger partial charge is 0.406 e. The Balaban J connectivity index is 1.74. The fourth-order valence-corrected chi connectivity index (χ4v) is 5.82. The van der Waals surface area contributed by atoms with E-state index in [-0.39, 0.29) is 25.0 Å². The molecule has 0 aliphatic carbocycles. The van der Waals surface area contributed by atoms with Gasteiger partial charge in [0, 0.05) is 6.20 Å². The fourth-order valence-electron chi connectivity index (χ4n) is 4.06. The number of fused-ring (bicyclic) bond motifs is 1. The molecule has 0 bridgehead atoms. The lowest BCUT2D eigenvalue weighted by atomic mass is 9.87. The second kappa shape index (κ2) is 9.91. The maximum atomic E-state index is 13.3. The summed E-state index contributed by atoms with van der Waals surface area (Å²) >= 11 is 0. The third-order valence-electron chi connectivity index (χ3n) is 6.32. The summed E-state index contributed by atoms with van der Waals surface area (Å²) in [6.07, 6.45) is 0.356. The van der Waals surface area contributed by atoms with E-state index >= 15 is 0 Å². The lowest BCUT2D eigenvalue weighted by molar-refractivity contribution is -0.203. The number of aliphatic hydroxyl groups excluding tert-OH is 1. The summed E-state index contributed by atoms with van der Waals surface area (Å²) < 4.78 is 35.3. The van der Waals surface area contributed by atoms with Crippen molar-refractivity contribution < 1.29 is 38.1 Å². The normalized spacial score (nSPS) is 38.2. The van der Waals surface area contributed by atoms with Gasteiger partial charge in [0.15, 0.2) is 5.60 Å². The minimum atomic E-state index is -4.11. The first kappa shape index (κ1) is 26.6. The van der Waals surface area contributed by atoms with E-state index in [1.807, 2.05) is 19.9 Å². The van der Waals surface area contributed by atoms with Crippen molar-refractivity contribution in [2.75, 3.05) is 13.2 Å². The molecular formula is C20H32N5O8P. The monoisotopic (exact) mass is 501 g/mol. The third kappa shape index (κ3) is 4.72. The van der Waals surface area contributed by atoms with E-state index in [9.17, 15) is 24.8 Å². The maximum absolute atomic E-state index is 13.3. The van der Waals surface area contributed by atoms with Crippen molar-refractivity contribution in [3.8, 4) is 6.07 Å². The molecule has 0 saturated carbocycles. The standard InChI is InChI=1S/C20H32N5O8P/c1-5-13(6-2)9-30-17(26)12(3)24-34(29)31-10-14-16(33-34)19(4,28)20(11-21,32-14)25-8-7-15(22)23-18(25)27/h7-8,12-14,16,18,27-28H,5-6,9-10H2,1-4H3,(H2,22,23)(H,24,29)/t12-,14+,16+,18?,19+,20+,34?/m0/s1. The van der Waals surface area contributed by atoms with Gasteiger partial charge >= 0.3 is 13.7 Å². The van der Waals surface area contributed by atoms with Crippen molar-refractivity contribution in [1.82, 2.24) is 9.99 Å². The van der Waals surface area contributed by atoms with Gasteiger partial charge in [-0.3, -0.25) is 18.7 Å². The van der Waals surface area contributed by atoms with Gasteiger partial charge in [-0.15, -0.1) is 0 Å². The van der Waals surface area contributed by atoms with E-state index < -0.39 is 49.6 Å². The van der Waals surface area contributed by atoms with E-state index in [1.165, 1.54) is 26.1 Å². The van der Waals surface area contributed by atoms with Crippen molar-refractivity contribution in [3.05, 3.63) is 12.3 Å². The highest BCUT2D eigenvalue weighted by Crippen LogP contribution is 2.57. The SMILES string of the molecule is CCC(CC)COC(=O)[C@H](C)NP1(=O)OC[C@H]2O[C@@](C#N)(N3C=CC(N)=NC3O)[C@](C)(O)[C@@H]2O1. The molecule has 2 saturated heterocycles. The van der Waals surface area contributed by atoms with Crippen LogP contribution in [0.1, 0.15) is 40.5 Å². The Labute approximate surface area is 198 Å². The van der Waals surface area contributed by atoms with Crippen molar-refractivity contribution >= 4 is 19.6 Å². The number of nitrogens with two attached hydrogens (primary N) is 1. The molecule has 2 unspecified atom stereocenters. The van der Waals surface area contributed by atoms with Gasteiger partial charge in [0.2, 0.25) is 6.35 Å². The molecular weight excluding hydrogens is 469 g/mol. The average Bonchev–Trinajstić information content (AvgIpc) is 3.00. The van der Waals surface area contributed by atoms with E-state index in [0.29, 0.717) is 0 Å². The molecule has 3 aliphatic heterocycles. The summed E-state index contributed by atoms with van der Waals surface area (Å²) in [4.78, 5) is 17.1. The number of nitrogens with zero attached hydrogens (tertiary/aromatic N) is 3. The number of amidine groups is 1. The maximum Gasteiger partial charge on any atom is 0.406 e. The first-order valence-corrected chi connectivity index (χ1v) is 12.6. The van der Waals surface area contributed by atoms with Crippen LogP contribution in [0.3, 0.4) is 0 Å². The first-order chi connectivity index (χ1) is 15.9. The number of carbonyl (C=O) groups is 1. The fraction of sp³-hybridized carbons (Fsp3) is 0.750. The lowest BCUT2D eigenvalue weighted by Crippen LogP contribution is -2.64. The predicted molar refractivity (Wildman–Crippen MR) is 119 cm³/mol. The van der Waals surface area contributed by atoms with Crippen LogP contribution in [-0.4, -0.2) is 76.1 Å². The molecule has 0 aromatic carbocycles. The molecule has 190 valence electrons. The number of carbonyl (C=O) groups excluding carboxylic acids is 1. The highest BCUT2D eigenvalue weighted by Gasteiger charge is 2.70. The molecule has 5 N–H and O–H groups in total. The van der Waals surface area contributed by atoms with Crippen LogP contribution < -0.4 is 10.8 Å². The minimum absolute atomic E-state index is 0.0187. The van der Waals surface area contributed by atoms with Gasteiger partial charge < -0.3 is 25.4 Å². The number of aliphatic hydroxyl groups is 2. The van der Waals surface area contributed by atoms with Crippen molar-refractivity contribution in [1.29, 1.82) is 5.26 Å². The Kier molecular flexibility index (Phi) is 7.74. The third-order valence-corrected chi connectivity index (χ3v) is 8.01. The van der Waals surface area contributed by atoms with Gasteiger partial charge in [0.1, 0.15) is 30.2 Å². The Morgan fingerprint density at radius 3 is 2.79 bits per heavy atom. The Bertz CT molecular complexity index is 932. The number of aliphatic imine (C=N–C) groups is 1. The van der Waals surface area contributed by atoms with Crippen LogP contribution in [0.5, 0.6) is 0 Å². The molecule has 14 heteroatoms. The number of nitriles is 1. The number of hydrogen-bond acceptors (Lipinski definition) is 12. The summed E-state index contributed by atoms with van der Waals surface area (Å²) in [6.45, 7) is 6.63. The van der Waals surface area contributed by atoms with Gasteiger partial charge in [0.25, 0.3) is 5.72 Å². The molecule has 3 aliphatic rings. The van der Waals surface area contributed by atoms with E-state index in [2.05, 4.69) is 10.1 Å². The first-order valence-electron chi connectivity index (χ1n) is 11.1. The van der Waals surface area contributed by atoms with Crippen molar-refractivity contribution in [3.63, 3.8) is 0 Å². The molecule has 0 radical (unpaired) electrons. The number of hydrogen-bond donors (Lipinski definition) is 4. The highest BCUT2D eigenvalue weighted by atomic mass is 31.2. The van der Waals surface area contributed by atoms with Crippen LogP contribution in [0.25, 0.3) is 0 Å². The molecule has 34 heavy (non-hydrogen) atoms. The van der Waals surface area contributed by atoms with Gasteiger partial charge in [-0.25, -0.2) is 14.6 Å². The molecule has 0 aromatic heterocycles. The topological polar surface area (TPSA) is 189 Å². The molecule has 0 aromatic rings. The second-order valence-corrected chi connectivity index (χ2v) is 10.4. The molecule has 13 nitrogen and oxygen atoms in total. The average molecular weight is 501 g/mol. The van der Waals surface area contributed by atoms with Gasteiger partial charge in [0.05, 0.1) is 13.2 Å². The summed E-state index contributed by atoms with van der Waals surface area (Å²) in [5, 5.41) is 34.2. The number of ether oxygens (including phenoxy) is 2. The zero-order chi connectivity index (χ0) is 25.3. The van der Waals surface area contributed by atoms with Crippen molar-refractivity contribution in [2.24, 2.45) is 16.6 Å². The Morgan fingerprint density at radius 2 is 2.21 bits per heavy atom. The Hall–Kier alpha value is -2.04.